The van der Waals surface area contributed by atoms with Gasteiger partial charge < -0.3 is 14.5 Å². The van der Waals surface area contributed by atoms with Crippen molar-refractivity contribution in [2.75, 3.05) is 51.3 Å². The van der Waals surface area contributed by atoms with Crippen molar-refractivity contribution in [1.29, 1.82) is 0 Å². The van der Waals surface area contributed by atoms with Crippen molar-refractivity contribution >= 4 is 11.6 Å². The van der Waals surface area contributed by atoms with Crippen LogP contribution in [0.3, 0.4) is 0 Å². The lowest BCUT2D eigenvalue weighted by Gasteiger charge is -2.39. The third-order valence-electron chi connectivity index (χ3n) is 5.56. The van der Waals surface area contributed by atoms with Crippen molar-refractivity contribution in [2.24, 2.45) is 0 Å². The number of rotatable bonds is 7. The molecule has 1 unspecified atom stereocenters. The summed E-state index contributed by atoms with van der Waals surface area (Å²) in [6, 6.07) is 18.1. The van der Waals surface area contributed by atoms with Crippen LogP contribution in [0.15, 0.2) is 54.6 Å². The first kappa shape index (κ1) is 20.2. The van der Waals surface area contributed by atoms with Crippen molar-refractivity contribution in [3.63, 3.8) is 0 Å². The molecule has 5 nitrogen and oxygen atoms in total. The highest BCUT2D eigenvalue weighted by Crippen LogP contribution is 2.25. The van der Waals surface area contributed by atoms with Crippen molar-refractivity contribution in [1.82, 2.24) is 9.80 Å². The molecule has 1 heterocycles. The first-order chi connectivity index (χ1) is 13.7. The third kappa shape index (κ3) is 4.47. The molecule has 0 spiro atoms. The fourth-order valence-corrected chi connectivity index (χ4v) is 3.88. The average molecular weight is 382 g/mol. The summed E-state index contributed by atoms with van der Waals surface area (Å²) >= 11 is 0. The Hall–Kier alpha value is -2.53. The zero-order valence-corrected chi connectivity index (χ0v) is 17.2. The van der Waals surface area contributed by atoms with Crippen LogP contribution in [0, 0.1) is 0 Å². The Kier molecular flexibility index (Phi) is 6.93. The number of carbonyl (C=O) groups is 1. The number of piperazine rings is 1. The molecule has 2 aromatic rings. The van der Waals surface area contributed by atoms with Gasteiger partial charge in [-0.15, -0.1) is 0 Å². The number of benzene rings is 2. The van der Waals surface area contributed by atoms with Crippen LogP contribution in [0.5, 0.6) is 5.75 Å². The summed E-state index contributed by atoms with van der Waals surface area (Å²) in [6.45, 7) is 9.13. The van der Waals surface area contributed by atoms with Crippen LogP contribution in [-0.4, -0.2) is 62.1 Å². The Labute approximate surface area is 168 Å². The molecule has 3 rings (SSSR count). The Bertz CT molecular complexity index is 736. The minimum atomic E-state index is -0.205. The normalized spacial score (nSPS) is 15.6. The van der Waals surface area contributed by atoms with Gasteiger partial charge in [0.1, 0.15) is 11.8 Å². The fraction of sp³-hybridized carbons (Fsp3) is 0.435. The molecule has 1 aliphatic rings. The van der Waals surface area contributed by atoms with Crippen LogP contribution in [0.25, 0.3) is 0 Å². The predicted octanol–water partition coefficient (Wildman–Crippen LogP) is 3.43. The lowest BCUT2D eigenvalue weighted by molar-refractivity contribution is -0.137. The Morgan fingerprint density at radius 3 is 2.11 bits per heavy atom. The van der Waals surface area contributed by atoms with Crippen molar-refractivity contribution in [2.45, 2.75) is 19.9 Å². The molecule has 5 heteroatoms. The van der Waals surface area contributed by atoms with Gasteiger partial charge in [-0.2, -0.15) is 0 Å². The van der Waals surface area contributed by atoms with Gasteiger partial charge in [0.25, 0.3) is 0 Å². The van der Waals surface area contributed by atoms with E-state index < -0.39 is 0 Å². The van der Waals surface area contributed by atoms with Crippen molar-refractivity contribution < 1.29 is 9.53 Å². The molecule has 2 aromatic carbocycles. The molecule has 0 bridgehead atoms. The molecule has 1 aliphatic heterocycles. The molecule has 1 amide bonds. The van der Waals surface area contributed by atoms with Gasteiger partial charge in [0, 0.05) is 31.9 Å². The highest BCUT2D eigenvalue weighted by Gasteiger charge is 2.31. The number of methoxy groups -OCH3 is 1. The van der Waals surface area contributed by atoms with Gasteiger partial charge in [-0.05, 0) is 42.9 Å². The minimum Gasteiger partial charge on any atom is -0.497 e. The summed E-state index contributed by atoms with van der Waals surface area (Å²) in [6.07, 6.45) is 0. The SMILES string of the molecule is CCN(CC)C(C(=O)N1CCN(c2ccc(OC)cc2)CC1)c1ccccc1. The molecule has 150 valence electrons. The van der Waals surface area contributed by atoms with Crippen LogP contribution in [0.1, 0.15) is 25.5 Å². The zero-order chi connectivity index (χ0) is 19.9. The van der Waals surface area contributed by atoms with E-state index in [1.54, 1.807) is 7.11 Å². The maximum Gasteiger partial charge on any atom is 0.244 e. The lowest BCUT2D eigenvalue weighted by atomic mass is 10.0. The number of carbonyl (C=O) groups excluding carboxylic acids is 1. The monoisotopic (exact) mass is 381 g/mol. The van der Waals surface area contributed by atoms with Crippen LogP contribution >= 0.6 is 0 Å². The molecular weight excluding hydrogens is 350 g/mol. The van der Waals surface area contributed by atoms with E-state index in [-0.39, 0.29) is 11.9 Å². The van der Waals surface area contributed by atoms with Gasteiger partial charge in [0.2, 0.25) is 5.91 Å². The van der Waals surface area contributed by atoms with Gasteiger partial charge in [0.05, 0.1) is 7.11 Å². The molecule has 1 fully saturated rings. The molecule has 1 saturated heterocycles. The summed E-state index contributed by atoms with van der Waals surface area (Å²) < 4.78 is 5.24. The topological polar surface area (TPSA) is 36.0 Å². The Morgan fingerprint density at radius 2 is 1.57 bits per heavy atom. The highest BCUT2D eigenvalue weighted by molar-refractivity contribution is 5.83. The van der Waals surface area contributed by atoms with Crippen LogP contribution in [-0.2, 0) is 4.79 Å². The fourth-order valence-electron chi connectivity index (χ4n) is 3.88. The standard InChI is InChI=1S/C23H31N3O2/c1-4-24(5-2)22(19-9-7-6-8-10-19)23(27)26-17-15-25(16-18-26)20-11-13-21(28-3)14-12-20/h6-14,22H,4-5,15-18H2,1-3H3. The average Bonchev–Trinajstić information content (AvgIpc) is 2.77. The Morgan fingerprint density at radius 1 is 0.964 bits per heavy atom. The second kappa shape index (κ2) is 9.60. The summed E-state index contributed by atoms with van der Waals surface area (Å²) in [7, 11) is 1.68. The van der Waals surface area contributed by atoms with E-state index in [1.807, 2.05) is 35.2 Å². The van der Waals surface area contributed by atoms with Gasteiger partial charge in [-0.1, -0.05) is 44.2 Å². The molecule has 0 radical (unpaired) electrons. The minimum absolute atomic E-state index is 0.205. The summed E-state index contributed by atoms with van der Waals surface area (Å²) in [4.78, 5) is 20.0. The molecule has 0 saturated carbocycles. The van der Waals surface area contributed by atoms with Crippen LogP contribution < -0.4 is 9.64 Å². The maximum absolute atomic E-state index is 13.4. The number of hydrogen-bond donors (Lipinski definition) is 0. The maximum atomic E-state index is 13.4. The van der Waals surface area contributed by atoms with E-state index in [9.17, 15) is 4.79 Å². The molecule has 0 aromatic heterocycles. The van der Waals surface area contributed by atoms with Crippen molar-refractivity contribution in [3.05, 3.63) is 60.2 Å². The summed E-state index contributed by atoms with van der Waals surface area (Å²) in [5.74, 6) is 1.08. The first-order valence-corrected chi connectivity index (χ1v) is 10.1. The highest BCUT2D eigenvalue weighted by atomic mass is 16.5. The quantitative estimate of drug-likeness (QED) is 0.736. The van der Waals surface area contributed by atoms with E-state index >= 15 is 0 Å². The van der Waals surface area contributed by atoms with Crippen molar-refractivity contribution in [3.8, 4) is 5.75 Å². The van der Waals surface area contributed by atoms with E-state index in [0.29, 0.717) is 0 Å². The summed E-state index contributed by atoms with van der Waals surface area (Å²) in [5.41, 5.74) is 2.25. The van der Waals surface area contributed by atoms with Crippen LogP contribution in [0.2, 0.25) is 0 Å². The summed E-state index contributed by atoms with van der Waals surface area (Å²) in [5, 5.41) is 0. The first-order valence-electron chi connectivity index (χ1n) is 10.1. The largest absolute Gasteiger partial charge is 0.497 e. The van der Waals surface area contributed by atoms with Gasteiger partial charge >= 0.3 is 0 Å². The number of amides is 1. The zero-order valence-electron chi connectivity index (χ0n) is 17.2. The third-order valence-corrected chi connectivity index (χ3v) is 5.56. The molecule has 28 heavy (non-hydrogen) atoms. The molecule has 0 N–H and O–H groups in total. The van der Waals surface area contributed by atoms with E-state index in [1.165, 1.54) is 5.69 Å². The van der Waals surface area contributed by atoms with Gasteiger partial charge in [-0.3, -0.25) is 9.69 Å². The smallest absolute Gasteiger partial charge is 0.244 e. The van der Waals surface area contributed by atoms with Crippen LogP contribution in [0.4, 0.5) is 5.69 Å². The number of anilines is 1. The van der Waals surface area contributed by atoms with Gasteiger partial charge in [-0.25, -0.2) is 0 Å². The molecular formula is C23H31N3O2. The van der Waals surface area contributed by atoms with Gasteiger partial charge in [0.15, 0.2) is 0 Å². The Balaban J connectivity index is 1.69. The predicted molar refractivity (Wildman–Crippen MR) is 114 cm³/mol. The molecule has 1 atom stereocenters. The number of likely N-dealkylation sites (N-methyl/N-ethyl adjacent to an activating group) is 1. The molecule has 0 aliphatic carbocycles. The number of hydrogen-bond acceptors (Lipinski definition) is 4. The number of nitrogens with zero attached hydrogens (tertiary/aromatic N) is 3. The van der Waals surface area contributed by atoms with E-state index in [4.69, 9.17) is 4.74 Å². The van der Waals surface area contributed by atoms with E-state index in [2.05, 4.69) is 47.9 Å². The second-order valence-electron chi connectivity index (χ2n) is 7.04. The second-order valence-corrected chi connectivity index (χ2v) is 7.04. The lowest BCUT2D eigenvalue weighted by Crippen LogP contribution is -2.52. The number of ether oxygens (including phenoxy) is 1. The van der Waals surface area contributed by atoms with E-state index in [0.717, 1.165) is 50.6 Å².